The second-order valence-electron chi connectivity index (χ2n) is 4.93. The number of nitrogens with one attached hydrogen (secondary N) is 1. The van der Waals surface area contributed by atoms with E-state index in [1.165, 1.54) is 25.7 Å². The third kappa shape index (κ3) is 2.76. The minimum absolute atomic E-state index is 0.117. The molecule has 2 nitrogen and oxygen atoms in total. The van der Waals surface area contributed by atoms with Crippen molar-refractivity contribution in [3.63, 3.8) is 0 Å². The zero-order valence-corrected chi connectivity index (χ0v) is 9.95. The molecule has 0 aliphatic heterocycles. The minimum Gasteiger partial charge on any atom is -0.392 e. The summed E-state index contributed by atoms with van der Waals surface area (Å²) in [4.78, 5) is 0. The van der Waals surface area contributed by atoms with Crippen LogP contribution in [0.1, 0.15) is 38.2 Å². The topological polar surface area (TPSA) is 32.3 Å². The maximum absolute atomic E-state index is 9.26. The van der Waals surface area contributed by atoms with Crippen molar-refractivity contribution >= 4 is 5.69 Å². The van der Waals surface area contributed by atoms with Gasteiger partial charge < -0.3 is 10.4 Å². The van der Waals surface area contributed by atoms with E-state index < -0.39 is 0 Å². The molecule has 0 aromatic heterocycles. The van der Waals surface area contributed by atoms with Gasteiger partial charge in [0.15, 0.2) is 0 Å². The third-order valence-corrected chi connectivity index (χ3v) is 3.48. The first-order chi connectivity index (χ1) is 7.79. The lowest BCUT2D eigenvalue weighted by Crippen LogP contribution is -2.26. The van der Waals surface area contributed by atoms with Gasteiger partial charge in [0.1, 0.15) is 0 Å². The van der Waals surface area contributed by atoms with Crippen LogP contribution in [0.15, 0.2) is 24.3 Å². The van der Waals surface area contributed by atoms with E-state index >= 15 is 0 Å². The summed E-state index contributed by atoms with van der Waals surface area (Å²) < 4.78 is 0. The van der Waals surface area contributed by atoms with Crippen LogP contribution >= 0.6 is 0 Å². The molecule has 2 heteroatoms. The van der Waals surface area contributed by atoms with Crippen molar-refractivity contribution in [2.24, 2.45) is 5.92 Å². The second-order valence-corrected chi connectivity index (χ2v) is 4.93. The molecule has 2 atom stereocenters. The van der Waals surface area contributed by atoms with Crippen LogP contribution in [-0.4, -0.2) is 11.1 Å². The van der Waals surface area contributed by atoms with E-state index in [2.05, 4.69) is 18.3 Å². The molecule has 0 radical (unpaired) electrons. The summed E-state index contributed by atoms with van der Waals surface area (Å²) in [6, 6.07) is 8.62. The Bertz CT molecular complexity index is 337. The normalized spacial score (nSPS) is 25.4. The van der Waals surface area contributed by atoms with Crippen molar-refractivity contribution in [1.29, 1.82) is 0 Å². The number of benzene rings is 1. The molecule has 0 bridgehead atoms. The molecule has 1 aromatic carbocycles. The van der Waals surface area contributed by atoms with Gasteiger partial charge in [-0.15, -0.1) is 0 Å². The SMILES string of the molecule is CC1CCCC(Nc2ccccc2CO)C1. The molecule has 0 spiro atoms. The summed E-state index contributed by atoms with van der Waals surface area (Å²) in [5, 5.41) is 12.8. The molecule has 0 heterocycles. The molecule has 1 aromatic rings. The number of aliphatic hydroxyl groups excluding tert-OH is 1. The molecule has 1 fully saturated rings. The first-order valence-electron chi connectivity index (χ1n) is 6.25. The highest BCUT2D eigenvalue weighted by Crippen LogP contribution is 2.27. The summed E-state index contributed by atoms with van der Waals surface area (Å²) in [6.07, 6.45) is 5.18. The van der Waals surface area contributed by atoms with Gasteiger partial charge in [-0.3, -0.25) is 0 Å². The van der Waals surface area contributed by atoms with E-state index in [1.807, 2.05) is 18.2 Å². The third-order valence-electron chi connectivity index (χ3n) is 3.48. The lowest BCUT2D eigenvalue weighted by Gasteiger charge is -2.29. The van der Waals surface area contributed by atoms with Crippen LogP contribution in [0.5, 0.6) is 0 Å². The second kappa shape index (κ2) is 5.35. The number of hydrogen-bond acceptors (Lipinski definition) is 2. The fourth-order valence-corrected chi connectivity index (χ4v) is 2.58. The van der Waals surface area contributed by atoms with Crippen LogP contribution in [0.2, 0.25) is 0 Å². The summed E-state index contributed by atoms with van der Waals surface area (Å²) in [6.45, 7) is 2.44. The van der Waals surface area contributed by atoms with Crippen LogP contribution in [0.25, 0.3) is 0 Å². The first kappa shape index (κ1) is 11.5. The molecule has 2 unspecified atom stereocenters. The summed E-state index contributed by atoms with van der Waals surface area (Å²) in [5.41, 5.74) is 2.10. The molecule has 1 aliphatic carbocycles. The maximum Gasteiger partial charge on any atom is 0.0701 e. The predicted octanol–water partition coefficient (Wildman–Crippen LogP) is 3.17. The number of aliphatic hydroxyl groups is 1. The van der Waals surface area contributed by atoms with E-state index in [0.29, 0.717) is 6.04 Å². The predicted molar refractivity (Wildman–Crippen MR) is 67.4 cm³/mol. The van der Waals surface area contributed by atoms with Crippen LogP contribution in [0.3, 0.4) is 0 Å². The standard InChI is InChI=1S/C14H21NO/c1-11-5-4-7-13(9-11)15-14-8-3-2-6-12(14)10-16/h2-3,6,8,11,13,15-16H,4-5,7,9-10H2,1H3. The fourth-order valence-electron chi connectivity index (χ4n) is 2.58. The molecule has 1 aliphatic rings. The maximum atomic E-state index is 9.26. The molecule has 88 valence electrons. The van der Waals surface area contributed by atoms with Crippen molar-refractivity contribution < 1.29 is 5.11 Å². The lowest BCUT2D eigenvalue weighted by molar-refractivity contribution is 0.282. The fraction of sp³-hybridized carbons (Fsp3) is 0.571. The Morgan fingerprint density at radius 2 is 2.12 bits per heavy atom. The number of hydrogen-bond donors (Lipinski definition) is 2. The van der Waals surface area contributed by atoms with Gasteiger partial charge in [0.2, 0.25) is 0 Å². The summed E-state index contributed by atoms with van der Waals surface area (Å²) in [7, 11) is 0. The molecule has 2 N–H and O–H groups in total. The average molecular weight is 219 g/mol. The van der Waals surface area contributed by atoms with Crippen molar-refractivity contribution in [1.82, 2.24) is 0 Å². The Kier molecular flexibility index (Phi) is 3.83. The van der Waals surface area contributed by atoms with E-state index in [4.69, 9.17) is 0 Å². The van der Waals surface area contributed by atoms with E-state index in [0.717, 1.165) is 17.2 Å². The summed E-state index contributed by atoms with van der Waals surface area (Å²) in [5.74, 6) is 0.826. The Morgan fingerprint density at radius 3 is 2.88 bits per heavy atom. The molecule has 16 heavy (non-hydrogen) atoms. The van der Waals surface area contributed by atoms with Crippen molar-refractivity contribution in [2.75, 3.05) is 5.32 Å². The van der Waals surface area contributed by atoms with Crippen molar-refractivity contribution in [3.05, 3.63) is 29.8 Å². The Balaban J connectivity index is 2.02. The van der Waals surface area contributed by atoms with Gasteiger partial charge in [0, 0.05) is 17.3 Å². The van der Waals surface area contributed by atoms with Gasteiger partial charge in [-0.25, -0.2) is 0 Å². The summed E-state index contributed by atoms with van der Waals surface area (Å²) >= 11 is 0. The number of anilines is 1. The highest BCUT2D eigenvalue weighted by atomic mass is 16.3. The highest BCUT2D eigenvalue weighted by molar-refractivity contribution is 5.51. The van der Waals surface area contributed by atoms with E-state index in [9.17, 15) is 5.11 Å². The van der Waals surface area contributed by atoms with Gasteiger partial charge in [-0.1, -0.05) is 38.0 Å². The van der Waals surface area contributed by atoms with E-state index in [1.54, 1.807) is 0 Å². The largest absolute Gasteiger partial charge is 0.392 e. The first-order valence-corrected chi connectivity index (χ1v) is 6.25. The lowest BCUT2D eigenvalue weighted by atomic mass is 9.87. The van der Waals surface area contributed by atoms with Crippen LogP contribution in [-0.2, 0) is 6.61 Å². The molecule has 2 rings (SSSR count). The molecule has 0 saturated heterocycles. The quantitative estimate of drug-likeness (QED) is 0.818. The van der Waals surface area contributed by atoms with Gasteiger partial charge in [-0.2, -0.15) is 0 Å². The molecular formula is C14H21NO. The van der Waals surface area contributed by atoms with Gasteiger partial charge >= 0.3 is 0 Å². The van der Waals surface area contributed by atoms with Gasteiger partial charge in [0.05, 0.1) is 6.61 Å². The van der Waals surface area contributed by atoms with Gasteiger partial charge in [-0.05, 0) is 24.8 Å². The van der Waals surface area contributed by atoms with Crippen LogP contribution < -0.4 is 5.32 Å². The molecular weight excluding hydrogens is 198 g/mol. The minimum atomic E-state index is 0.117. The van der Waals surface area contributed by atoms with E-state index in [-0.39, 0.29) is 6.61 Å². The van der Waals surface area contributed by atoms with Crippen molar-refractivity contribution in [2.45, 2.75) is 45.3 Å². The molecule has 1 saturated carbocycles. The van der Waals surface area contributed by atoms with Crippen LogP contribution in [0, 0.1) is 5.92 Å². The zero-order valence-electron chi connectivity index (χ0n) is 9.95. The Hall–Kier alpha value is -1.02. The zero-order chi connectivity index (χ0) is 11.4. The monoisotopic (exact) mass is 219 g/mol. The van der Waals surface area contributed by atoms with Crippen molar-refractivity contribution in [3.8, 4) is 0 Å². The number of para-hydroxylation sites is 1. The molecule has 0 amide bonds. The smallest absolute Gasteiger partial charge is 0.0701 e. The number of rotatable bonds is 3. The van der Waals surface area contributed by atoms with Gasteiger partial charge in [0.25, 0.3) is 0 Å². The van der Waals surface area contributed by atoms with Crippen LogP contribution in [0.4, 0.5) is 5.69 Å². The highest BCUT2D eigenvalue weighted by Gasteiger charge is 2.18. The average Bonchev–Trinajstić information content (AvgIpc) is 2.30. The Morgan fingerprint density at radius 1 is 1.31 bits per heavy atom. The Labute approximate surface area is 97.7 Å².